The van der Waals surface area contributed by atoms with Crippen molar-refractivity contribution in [3.8, 4) is 5.75 Å². The zero-order chi connectivity index (χ0) is 16.7. The molecule has 2 heterocycles. The summed E-state index contributed by atoms with van der Waals surface area (Å²) in [5, 5.41) is 2.94. The summed E-state index contributed by atoms with van der Waals surface area (Å²) in [4.78, 5) is 20.5. The van der Waals surface area contributed by atoms with Gasteiger partial charge in [-0.1, -0.05) is 13.8 Å². The van der Waals surface area contributed by atoms with E-state index in [1.54, 1.807) is 18.6 Å². The van der Waals surface area contributed by atoms with Crippen LogP contribution in [-0.2, 0) is 4.79 Å². The van der Waals surface area contributed by atoms with Crippen LogP contribution in [0.15, 0.2) is 36.9 Å². The van der Waals surface area contributed by atoms with Gasteiger partial charge in [0.15, 0.2) is 0 Å². The van der Waals surface area contributed by atoms with Gasteiger partial charge in [0.2, 0.25) is 5.91 Å². The van der Waals surface area contributed by atoms with Crippen molar-refractivity contribution in [2.45, 2.75) is 39.2 Å². The van der Waals surface area contributed by atoms with Crippen LogP contribution in [0, 0.1) is 0 Å². The van der Waals surface area contributed by atoms with E-state index >= 15 is 0 Å². The molecule has 0 spiro atoms. The minimum Gasteiger partial charge on any atom is -0.492 e. The lowest BCUT2D eigenvalue weighted by molar-refractivity contribution is -0.123. The summed E-state index contributed by atoms with van der Waals surface area (Å²) in [7, 11) is 0. The molecule has 0 aliphatic carbocycles. The van der Waals surface area contributed by atoms with Gasteiger partial charge in [0.1, 0.15) is 17.6 Å². The second kappa shape index (κ2) is 8.31. The van der Waals surface area contributed by atoms with Crippen LogP contribution in [0.25, 0.3) is 0 Å². The van der Waals surface area contributed by atoms with Gasteiger partial charge in [-0.2, -0.15) is 0 Å². The molecule has 0 saturated heterocycles. The Morgan fingerprint density at radius 2 is 2.17 bits per heavy atom. The van der Waals surface area contributed by atoms with Crippen LogP contribution < -0.4 is 10.1 Å². The normalized spacial score (nSPS) is 12.2. The predicted octanol–water partition coefficient (Wildman–Crippen LogP) is 2.55. The van der Waals surface area contributed by atoms with Gasteiger partial charge in [-0.3, -0.25) is 9.78 Å². The zero-order valence-electron chi connectivity index (χ0n) is 13.9. The van der Waals surface area contributed by atoms with E-state index in [4.69, 9.17) is 4.74 Å². The highest BCUT2D eigenvalue weighted by atomic mass is 16.5. The Balaban J connectivity index is 1.73. The van der Waals surface area contributed by atoms with E-state index in [0.717, 1.165) is 18.0 Å². The highest BCUT2D eigenvalue weighted by Gasteiger charge is 2.18. The fraction of sp³-hybridized carbons (Fsp3) is 0.471. The van der Waals surface area contributed by atoms with E-state index < -0.39 is 0 Å². The molecule has 6 heteroatoms. The number of imidazole rings is 1. The molecule has 1 amide bonds. The summed E-state index contributed by atoms with van der Waals surface area (Å²) in [5.41, 5.74) is 0. The number of rotatable bonds is 8. The van der Waals surface area contributed by atoms with Crippen LogP contribution in [0.5, 0.6) is 5.75 Å². The molecular weight excluding hydrogens is 292 g/mol. The number of amides is 1. The van der Waals surface area contributed by atoms with Crippen molar-refractivity contribution in [3.63, 3.8) is 0 Å². The molecular formula is C17H24N4O2. The van der Waals surface area contributed by atoms with E-state index in [1.807, 2.05) is 29.8 Å². The van der Waals surface area contributed by atoms with Crippen molar-refractivity contribution < 1.29 is 9.53 Å². The second-order valence-corrected chi connectivity index (χ2v) is 5.71. The maximum atomic E-state index is 12.2. The lowest BCUT2D eigenvalue weighted by Crippen LogP contribution is -2.32. The van der Waals surface area contributed by atoms with E-state index in [-0.39, 0.29) is 17.9 Å². The first-order valence-electron chi connectivity index (χ1n) is 7.93. The number of hydrogen-bond acceptors (Lipinski definition) is 4. The standard InChI is InChI=1S/C17H24N4O2/c1-13(2)16-19-9-10-21(16)14(3)17(22)20-8-5-11-23-15-6-4-7-18-12-15/h4,6-7,9-10,12-14H,5,8,11H2,1-3H3,(H,20,22)/t14-/m0/s1. The second-order valence-electron chi connectivity index (χ2n) is 5.71. The summed E-state index contributed by atoms with van der Waals surface area (Å²) in [5.74, 6) is 1.94. The van der Waals surface area contributed by atoms with Gasteiger partial charge < -0.3 is 14.6 Å². The Morgan fingerprint density at radius 1 is 1.35 bits per heavy atom. The van der Waals surface area contributed by atoms with Crippen molar-refractivity contribution in [1.29, 1.82) is 0 Å². The van der Waals surface area contributed by atoms with Gasteiger partial charge >= 0.3 is 0 Å². The first-order valence-corrected chi connectivity index (χ1v) is 7.93. The monoisotopic (exact) mass is 316 g/mol. The predicted molar refractivity (Wildman–Crippen MR) is 88.4 cm³/mol. The highest BCUT2D eigenvalue weighted by molar-refractivity contribution is 5.79. The molecule has 124 valence electrons. The molecule has 0 fully saturated rings. The van der Waals surface area contributed by atoms with Crippen molar-refractivity contribution in [2.75, 3.05) is 13.2 Å². The first kappa shape index (κ1) is 17.0. The van der Waals surface area contributed by atoms with Gasteiger partial charge in [0, 0.05) is 31.1 Å². The smallest absolute Gasteiger partial charge is 0.242 e. The summed E-state index contributed by atoms with van der Waals surface area (Å²) in [6.07, 6.45) is 7.71. The number of carbonyl (C=O) groups is 1. The third-order valence-corrected chi connectivity index (χ3v) is 3.54. The Kier molecular flexibility index (Phi) is 6.14. The molecule has 0 bridgehead atoms. The molecule has 1 atom stereocenters. The van der Waals surface area contributed by atoms with Gasteiger partial charge in [-0.05, 0) is 25.5 Å². The fourth-order valence-corrected chi connectivity index (χ4v) is 2.28. The summed E-state index contributed by atoms with van der Waals surface area (Å²) >= 11 is 0. The summed E-state index contributed by atoms with van der Waals surface area (Å²) in [6, 6.07) is 3.42. The number of nitrogens with zero attached hydrogens (tertiary/aromatic N) is 3. The fourth-order valence-electron chi connectivity index (χ4n) is 2.28. The molecule has 0 radical (unpaired) electrons. The maximum Gasteiger partial charge on any atom is 0.242 e. The third kappa shape index (κ3) is 4.81. The third-order valence-electron chi connectivity index (χ3n) is 3.54. The topological polar surface area (TPSA) is 69.0 Å². The van der Waals surface area contributed by atoms with Crippen molar-refractivity contribution in [2.24, 2.45) is 0 Å². The molecule has 0 aromatic carbocycles. The van der Waals surface area contributed by atoms with Gasteiger partial charge in [0.05, 0.1) is 12.8 Å². The average Bonchev–Trinajstić information content (AvgIpc) is 3.04. The Labute approximate surface area is 136 Å². The zero-order valence-corrected chi connectivity index (χ0v) is 13.9. The van der Waals surface area contributed by atoms with Crippen LogP contribution in [0.2, 0.25) is 0 Å². The number of nitrogens with one attached hydrogen (secondary N) is 1. The largest absolute Gasteiger partial charge is 0.492 e. The molecule has 6 nitrogen and oxygen atoms in total. The van der Waals surface area contributed by atoms with E-state index in [0.29, 0.717) is 13.2 Å². The van der Waals surface area contributed by atoms with Gasteiger partial charge in [-0.15, -0.1) is 0 Å². The first-order chi connectivity index (χ1) is 11.1. The van der Waals surface area contributed by atoms with Crippen molar-refractivity contribution in [3.05, 3.63) is 42.7 Å². The van der Waals surface area contributed by atoms with E-state index in [1.165, 1.54) is 0 Å². The quantitative estimate of drug-likeness (QED) is 0.760. The summed E-state index contributed by atoms with van der Waals surface area (Å²) in [6.45, 7) is 7.14. The lowest BCUT2D eigenvalue weighted by atomic mass is 10.2. The molecule has 2 rings (SSSR count). The van der Waals surface area contributed by atoms with Gasteiger partial charge in [-0.25, -0.2) is 4.98 Å². The molecule has 0 aliphatic rings. The minimum atomic E-state index is -0.269. The van der Waals surface area contributed by atoms with Crippen LogP contribution >= 0.6 is 0 Å². The van der Waals surface area contributed by atoms with Crippen LogP contribution in [0.4, 0.5) is 0 Å². The minimum absolute atomic E-state index is 0.00808. The number of pyridine rings is 1. The molecule has 0 unspecified atom stereocenters. The Bertz CT molecular complexity index is 610. The Morgan fingerprint density at radius 3 is 2.87 bits per heavy atom. The number of aromatic nitrogens is 3. The molecule has 1 N–H and O–H groups in total. The maximum absolute atomic E-state index is 12.2. The lowest BCUT2D eigenvalue weighted by Gasteiger charge is -2.17. The molecule has 23 heavy (non-hydrogen) atoms. The van der Waals surface area contributed by atoms with Crippen LogP contribution in [-0.4, -0.2) is 33.6 Å². The average molecular weight is 316 g/mol. The van der Waals surface area contributed by atoms with E-state index in [9.17, 15) is 4.79 Å². The number of carbonyl (C=O) groups excluding carboxylic acids is 1. The number of ether oxygens (including phenoxy) is 1. The van der Waals surface area contributed by atoms with Crippen LogP contribution in [0.1, 0.15) is 45.0 Å². The molecule has 0 saturated carbocycles. The molecule has 2 aromatic heterocycles. The molecule has 2 aromatic rings. The van der Waals surface area contributed by atoms with Crippen molar-refractivity contribution in [1.82, 2.24) is 19.9 Å². The van der Waals surface area contributed by atoms with E-state index in [2.05, 4.69) is 29.1 Å². The van der Waals surface area contributed by atoms with Crippen molar-refractivity contribution >= 4 is 5.91 Å². The molecule has 0 aliphatic heterocycles. The highest BCUT2D eigenvalue weighted by Crippen LogP contribution is 2.17. The van der Waals surface area contributed by atoms with Gasteiger partial charge in [0.25, 0.3) is 0 Å². The number of hydrogen-bond donors (Lipinski definition) is 1. The van der Waals surface area contributed by atoms with Crippen LogP contribution in [0.3, 0.4) is 0 Å². The Hall–Kier alpha value is -2.37. The summed E-state index contributed by atoms with van der Waals surface area (Å²) < 4.78 is 7.46. The SMILES string of the molecule is CC(C)c1nccn1[C@@H](C)C(=O)NCCCOc1cccnc1.